The van der Waals surface area contributed by atoms with Gasteiger partial charge in [-0.1, -0.05) is 0 Å². The summed E-state index contributed by atoms with van der Waals surface area (Å²) in [7, 11) is 1.87. The van der Waals surface area contributed by atoms with Gasteiger partial charge in [0.25, 0.3) is 5.56 Å². The zero-order chi connectivity index (χ0) is 17.7. The fourth-order valence-corrected chi connectivity index (χ4v) is 4.75. The summed E-state index contributed by atoms with van der Waals surface area (Å²) in [6, 6.07) is 1.93. The van der Waals surface area contributed by atoms with Gasteiger partial charge in [0.1, 0.15) is 15.5 Å². The van der Waals surface area contributed by atoms with Crippen molar-refractivity contribution in [3.05, 3.63) is 56.1 Å². The molecular formula is C16H13N7OS2. The monoisotopic (exact) mass is 383 g/mol. The minimum Gasteiger partial charge on any atom is -0.323 e. The Morgan fingerprint density at radius 3 is 2.96 bits per heavy atom. The van der Waals surface area contributed by atoms with Gasteiger partial charge in [0.05, 0.1) is 17.4 Å². The Balaban J connectivity index is 1.62. The van der Waals surface area contributed by atoms with E-state index in [1.807, 2.05) is 23.1 Å². The maximum Gasteiger partial charge on any atom is 0.291 e. The van der Waals surface area contributed by atoms with Crippen molar-refractivity contribution in [3.8, 4) is 0 Å². The maximum atomic E-state index is 12.9. The molecule has 0 atom stereocenters. The van der Waals surface area contributed by atoms with Crippen LogP contribution in [0.25, 0.3) is 21.3 Å². The van der Waals surface area contributed by atoms with Crippen LogP contribution in [-0.2, 0) is 20.0 Å². The highest BCUT2D eigenvalue weighted by molar-refractivity contribution is 7.19. The number of hydrogen-bond acceptors (Lipinski definition) is 7. The van der Waals surface area contributed by atoms with Crippen LogP contribution in [0.4, 0.5) is 0 Å². The largest absolute Gasteiger partial charge is 0.323 e. The van der Waals surface area contributed by atoms with E-state index in [0.717, 1.165) is 31.4 Å². The normalized spacial score (nSPS) is 11.7. The van der Waals surface area contributed by atoms with Crippen molar-refractivity contribution in [2.45, 2.75) is 13.0 Å². The van der Waals surface area contributed by atoms with Gasteiger partial charge in [-0.2, -0.15) is 10.2 Å². The number of aryl methyl sites for hydroxylation is 1. The molecule has 0 aliphatic carbocycles. The fourth-order valence-electron chi connectivity index (χ4n) is 3.03. The number of hydrogen-bond donors (Lipinski definition) is 1. The molecule has 0 fully saturated rings. The number of aromatic nitrogens is 7. The van der Waals surface area contributed by atoms with Crippen LogP contribution in [-0.4, -0.2) is 34.5 Å². The van der Waals surface area contributed by atoms with E-state index in [9.17, 15) is 4.79 Å². The van der Waals surface area contributed by atoms with E-state index in [-0.39, 0.29) is 5.56 Å². The highest BCUT2D eigenvalue weighted by Crippen LogP contribution is 2.31. The van der Waals surface area contributed by atoms with E-state index in [1.54, 1.807) is 29.9 Å². The molecule has 1 N–H and O–H groups in total. The Morgan fingerprint density at radius 1 is 1.27 bits per heavy atom. The molecule has 0 aromatic carbocycles. The summed E-state index contributed by atoms with van der Waals surface area (Å²) in [5.74, 6) is 0. The van der Waals surface area contributed by atoms with Gasteiger partial charge in [0.15, 0.2) is 5.65 Å². The lowest BCUT2D eigenvalue weighted by Gasteiger charge is -2.03. The third kappa shape index (κ3) is 2.37. The number of aromatic amines is 1. The van der Waals surface area contributed by atoms with Crippen LogP contribution in [0.15, 0.2) is 34.8 Å². The van der Waals surface area contributed by atoms with Crippen LogP contribution >= 0.6 is 22.7 Å². The topological polar surface area (TPSA) is 94.3 Å². The molecule has 5 rings (SSSR count). The Hall–Kier alpha value is -2.85. The Bertz CT molecular complexity index is 1260. The van der Waals surface area contributed by atoms with E-state index in [2.05, 4.69) is 20.3 Å². The van der Waals surface area contributed by atoms with Crippen molar-refractivity contribution in [2.24, 2.45) is 7.05 Å². The molecule has 0 saturated heterocycles. The molecule has 5 aromatic rings. The summed E-state index contributed by atoms with van der Waals surface area (Å²) < 4.78 is 4.30. The fraction of sp³-hybridized carbons (Fsp3) is 0.188. The van der Waals surface area contributed by atoms with Gasteiger partial charge in [0, 0.05) is 42.3 Å². The first-order valence-electron chi connectivity index (χ1n) is 7.91. The van der Waals surface area contributed by atoms with Crippen molar-refractivity contribution in [2.75, 3.05) is 0 Å². The van der Waals surface area contributed by atoms with Crippen molar-refractivity contribution in [1.29, 1.82) is 0 Å². The van der Waals surface area contributed by atoms with E-state index < -0.39 is 0 Å². The number of nitrogens with one attached hydrogen (secondary N) is 1. The summed E-state index contributed by atoms with van der Waals surface area (Å²) >= 11 is 3.10. The van der Waals surface area contributed by atoms with Gasteiger partial charge >= 0.3 is 0 Å². The molecule has 0 spiro atoms. The van der Waals surface area contributed by atoms with Gasteiger partial charge in [-0.05, 0) is 6.07 Å². The average molecular weight is 383 g/mol. The minimum absolute atomic E-state index is 0.125. The second kappa shape index (κ2) is 5.85. The molecule has 5 aromatic heterocycles. The van der Waals surface area contributed by atoms with E-state index in [0.29, 0.717) is 18.5 Å². The average Bonchev–Trinajstić information content (AvgIpc) is 3.39. The summed E-state index contributed by atoms with van der Waals surface area (Å²) in [6.07, 6.45) is 5.90. The number of nitrogens with zero attached hydrogens (tertiary/aromatic N) is 6. The third-order valence-corrected chi connectivity index (χ3v) is 6.08. The zero-order valence-corrected chi connectivity index (χ0v) is 15.3. The molecule has 0 radical (unpaired) electrons. The number of H-pyrrole nitrogens is 1. The van der Waals surface area contributed by atoms with E-state index in [4.69, 9.17) is 4.98 Å². The standard InChI is InChI=1S/C16H13N7OS2/c1-22-13-10(7-19-23(16(13)24)8-12-17-4-5-25-12)14-15(22)20-11(26-14)6-9-2-3-18-21-9/h2-5,7H,6,8H2,1H3,(H,18,21). The highest BCUT2D eigenvalue weighted by atomic mass is 32.1. The lowest BCUT2D eigenvalue weighted by atomic mass is 10.3. The van der Waals surface area contributed by atoms with Gasteiger partial charge < -0.3 is 4.57 Å². The van der Waals surface area contributed by atoms with Gasteiger partial charge in [0.2, 0.25) is 0 Å². The first-order valence-corrected chi connectivity index (χ1v) is 9.61. The molecule has 0 bridgehead atoms. The van der Waals surface area contributed by atoms with Gasteiger partial charge in [-0.3, -0.25) is 9.89 Å². The first kappa shape index (κ1) is 15.4. The molecule has 8 nitrogen and oxygen atoms in total. The lowest BCUT2D eigenvalue weighted by molar-refractivity contribution is 0.641. The molecule has 5 heterocycles. The molecule has 0 unspecified atom stereocenters. The summed E-state index contributed by atoms with van der Waals surface area (Å²) in [5.41, 5.74) is 2.32. The molecule has 0 aliphatic heterocycles. The summed E-state index contributed by atoms with van der Waals surface area (Å²) in [6.45, 7) is 0.379. The van der Waals surface area contributed by atoms with Crippen molar-refractivity contribution >= 4 is 43.9 Å². The summed E-state index contributed by atoms with van der Waals surface area (Å²) in [5, 5.41) is 15.8. The van der Waals surface area contributed by atoms with Crippen LogP contribution in [0.3, 0.4) is 0 Å². The third-order valence-electron chi connectivity index (χ3n) is 4.24. The molecule has 130 valence electrons. The van der Waals surface area contributed by atoms with Crippen molar-refractivity contribution < 1.29 is 0 Å². The van der Waals surface area contributed by atoms with Crippen LogP contribution in [0.5, 0.6) is 0 Å². The first-order chi connectivity index (χ1) is 12.7. The maximum absolute atomic E-state index is 12.9. The van der Waals surface area contributed by atoms with Gasteiger partial charge in [-0.15, -0.1) is 22.7 Å². The van der Waals surface area contributed by atoms with Crippen LogP contribution < -0.4 is 5.56 Å². The smallest absolute Gasteiger partial charge is 0.291 e. The van der Waals surface area contributed by atoms with E-state index in [1.165, 1.54) is 16.0 Å². The highest BCUT2D eigenvalue weighted by Gasteiger charge is 2.18. The number of rotatable bonds is 4. The summed E-state index contributed by atoms with van der Waals surface area (Å²) in [4.78, 5) is 21.9. The molecule has 0 aliphatic rings. The molecule has 26 heavy (non-hydrogen) atoms. The minimum atomic E-state index is -0.125. The number of fused-ring (bicyclic) bond motifs is 3. The van der Waals surface area contributed by atoms with Crippen LogP contribution in [0.1, 0.15) is 15.7 Å². The quantitative estimate of drug-likeness (QED) is 0.513. The van der Waals surface area contributed by atoms with Crippen molar-refractivity contribution in [1.82, 2.24) is 34.5 Å². The second-order valence-corrected chi connectivity index (χ2v) is 7.94. The predicted molar refractivity (Wildman–Crippen MR) is 101 cm³/mol. The van der Waals surface area contributed by atoms with Gasteiger partial charge in [-0.25, -0.2) is 14.6 Å². The molecular weight excluding hydrogens is 370 g/mol. The van der Waals surface area contributed by atoms with Crippen LogP contribution in [0, 0.1) is 0 Å². The molecule has 0 amide bonds. The molecule has 0 saturated carbocycles. The zero-order valence-electron chi connectivity index (χ0n) is 13.7. The Morgan fingerprint density at radius 2 is 2.19 bits per heavy atom. The predicted octanol–water partition coefficient (Wildman–Crippen LogP) is 2.16. The van der Waals surface area contributed by atoms with Crippen molar-refractivity contribution in [3.63, 3.8) is 0 Å². The number of thiazole rings is 2. The Labute approximate surface area is 154 Å². The second-order valence-electron chi connectivity index (χ2n) is 5.87. The Kier molecular flexibility index (Phi) is 3.47. The SMILES string of the molecule is Cn1c2nc(Cc3ccn[nH]3)sc2c2cnn(Cc3nccs3)c(=O)c21. The van der Waals surface area contributed by atoms with E-state index >= 15 is 0 Å². The lowest BCUT2D eigenvalue weighted by Crippen LogP contribution is -2.24. The van der Waals surface area contributed by atoms with Crippen LogP contribution in [0.2, 0.25) is 0 Å². The molecule has 10 heteroatoms.